The molecule has 2 aromatic rings. The Labute approximate surface area is 190 Å². The summed E-state index contributed by atoms with van der Waals surface area (Å²) in [7, 11) is 3.81. The Balaban J connectivity index is 0.000000479. The number of carbonyl (C=O) groups excluding carboxylic acids is 1. The van der Waals surface area contributed by atoms with Crippen LogP contribution in [0.2, 0.25) is 5.02 Å². The molecule has 2 rings (SSSR count). The Kier molecular flexibility index (Phi) is 10.9. The number of benzene rings is 1. The van der Waals surface area contributed by atoms with Crippen molar-refractivity contribution in [3.8, 4) is 17.2 Å². The van der Waals surface area contributed by atoms with Crippen molar-refractivity contribution >= 4 is 46.6 Å². The lowest BCUT2D eigenvalue weighted by Gasteiger charge is -2.05. The maximum absolute atomic E-state index is 11.5. The Hall–Kier alpha value is -2.05. The summed E-state index contributed by atoms with van der Waals surface area (Å²) in [6.07, 6.45) is 0.451. The predicted molar refractivity (Wildman–Crippen MR) is 124 cm³/mol. The molecule has 0 spiro atoms. The highest BCUT2D eigenvalue weighted by molar-refractivity contribution is 8.01. The molecule has 1 amide bonds. The van der Waals surface area contributed by atoms with E-state index in [4.69, 9.17) is 17.3 Å². The number of aromatic carboxylic acids is 1. The predicted octanol–water partition coefficient (Wildman–Crippen LogP) is 4.81. The highest BCUT2D eigenvalue weighted by Gasteiger charge is 2.24. The summed E-state index contributed by atoms with van der Waals surface area (Å²) in [6.45, 7) is 4.92. The van der Waals surface area contributed by atoms with E-state index >= 15 is 0 Å². The van der Waals surface area contributed by atoms with Gasteiger partial charge in [0.15, 0.2) is 0 Å². The molecule has 6 nitrogen and oxygen atoms in total. The number of carboxylic acids is 1. The Morgan fingerprint density at radius 1 is 1.30 bits per heavy atom. The Morgan fingerprint density at radius 2 is 1.90 bits per heavy atom. The number of hydrogen-bond donors (Lipinski definition) is 2. The minimum Gasteiger partial charge on any atom is -0.477 e. The zero-order chi connectivity index (χ0) is 22.8. The van der Waals surface area contributed by atoms with Crippen LogP contribution in [0.1, 0.15) is 35.5 Å². The molecule has 0 aliphatic rings. The Morgan fingerprint density at radius 3 is 2.30 bits per heavy atom. The van der Waals surface area contributed by atoms with E-state index in [-0.39, 0.29) is 10.8 Å². The fourth-order valence-corrected chi connectivity index (χ4v) is 4.67. The third-order valence-corrected chi connectivity index (χ3v) is 6.80. The number of thioether (sulfide) groups is 1. The molecule has 0 aliphatic carbocycles. The second-order valence-electron chi connectivity index (χ2n) is 7.12. The quantitative estimate of drug-likeness (QED) is 0.539. The van der Waals surface area contributed by atoms with Crippen LogP contribution in [-0.2, 0) is 4.79 Å². The van der Waals surface area contributed by atoms with Crippen molar-refractivity contribution in [3.05, 3.63) is 39.7 Å². The zero-order valence-corrected chi connectivity index (χ0v) is 19.8. The first kappa shape index (κ1) is 26.0. The minimum absolute atomic E-state index is 0.199. The zero-order valence-electron chi connectivity index (χ0n) is 17.4. The summed E-state index contributed by atoms with van der Waals surface area (Å²) < 4.78 is 0.763. The van der Waals surface area contributed by atoms with E-state index in [1.807, 2.05) is 19.0 Å². The van der Waals surface area contributed by atoms with E-state index in [0.717, 1.165) is 16.5 Å². The summed E-state index contributed by atoms with van der Waals surface area (Å²) >= 11 is 8.59. The number of carboxylic acid groups (broad SMARTS) is 1. The summed E-state index contributed by atoms with van der Waals surface area (Å²) in [6, 6.07) is 9.05. The lowest BCUT2D eigenvalue weighted by atomic mass is 10.0. The molecule has 0 atom stereocenters. The van der Waals surface area contributed by atoms with Gasteiger partial charge in [0.2, 0.25) is 5.91 Å². The van der Waals surface area contributed by atoms with Gasteiger partial charge in [0.1, 0.15) is 10.9 Å². The van der Waals surface area contributed by atoms with E-state index < -0.39 is 5.97 Å². The average molecular weight is 468 g/mol. The average Bonchev–Trinajstić information content (AvgIpc) is 3.04. The summed E-state index contributed by atoms with van der Waals surface area (Å²) in [4.78, 5) is 23.8. The summed E-state index contributed by atoms with van der Waals surface area (Å²) in [5, 5.41) is 19.5. The van der Waals surface area contributed by atoms with Gasteiger partial charge in [0.25, 0.3) is 0 Å². The van der Waals surface area contributed by atoms with Gasteiger partial charge in [-0.15, -0.1) is 23.1 Å². The second kappa shape index (κ2) is 12.6. The van der Waals surface area contributed by atoms with Gasteiger partial charge in [-0.3, -0.25) is 4.79 Å². The lowest BCUT2D eigenvalue weighted by molar-refractivity contribution is -0.118. The van der Waals surface area contributed by atoms with Gasteiger partial charge in [0, 0.05) is 29.3 Å². The van der Waals surface area contributed by atoms with Crippen LogP contribution >= 0.6 is 34.7 Å². The number of amides is 1. The van der Waals surface area contributed by atoms with Gasteiger partial charge in [-0.25, -0.2) is 4.79 Å². The van der Waals surface area contributed by atoms with E-state index in [0.29, 0.717) is 34.1 Å². The third kappa shape index (κ3) is 8.36. The first-order valence-corrected chi connectivity index (χ1v) is 11.4. The number of nitrogens with two attached hydrogens (primary N) is 1. The fraction of sp³-hybridized carbons (Fsp3) is 0.381. The number of hydrogen-bond acceptors (Lipinski definition) is 6. The first-order chi connectivity index (χ1) is 14.1. The van der Waals surface area contributed by atoms with Crippen molar-refractivity contribution in [1.82, 2.24) is 4.90 Å². The molecule has 0 fully saturated rings. The number of thiophene rings is 1. The van der Waals surface area contributed by atoms with Crippen molar-refractivity contribution in [2.45, 2.75) is 24.5 Å². The number of halogens is 1. The molecular formula is C21H26ClN3O3S2. The van der Waals surface area contributed by atoms with Crippen LogP contribution in [-0.4, -0.2) is 48.3 Å². The molecule has 162 valence electrons. The SMILES string of the molecule is CC(C)CSc1sc(C(=O)O)c(-c2ccc(Cl)cc2)c1C#N.CN(C)CCC(N)=O. The van der Waals surface area contributed by atoms with Crippen molar-refractivity contribution in [3.63, 3.8) is 0 Å². The summed E-state index contributed by atoms with van der Waals surface area (Å²) in [5.74, 6) is 0.0568. The van der Waals surface area contributed by atoms with Crippen molar-refractivity contribution in [1.29, 1.82) is 5.26 Å². The highest BCUT2D eigenvalue weighted by Crippen LogP contribution is 2.42. The standard InChI is InChI=1S/C16H14ClNO2S2.C5H12N2O/c1-9(2)8-21-16-12(7-18)13(14(22-16)15(19)20)10-3-5-11(17)6-4-10;1-7(2)4-3-5(6)8/h3-6,9H,8H2,1-2H3,(H,19,20);3-4H2,1-2H3,(H2,6,8). The van der Waals surface area contributed by atoms with Crippen molar-refractivity contribution in [2.24, 2.45) is 11.7 Å². The molecule has 0 aliphatic heterocycles. The Bertz CT molecular complexity index is 903. The van der Waals surface area contributed by atoms with E-state index in [1.54, 1.807) is 24.3 Å². The van der Waals surface area contributed by atoms with Gasteiger partial charge < -0.3 is 15.7 Å². The molecule has 1 aromatic carbocycles. The van der Waals surface area contributed by atoms with Gasteiger partial charge >= 0.3 is 5.97 Å². The molecule has 1 aromatic heterocycles. The van der Waals surface area contributed by atoms with Crippen LogP contribution in [0.3, 0.4) is 0 Å². The van der Waals surface area contributed by atoms with Crippen LogP contribution < -0.4 is 5.73 Å². The topological polar surface area (TPSA) is 107 Å². The third-order valence-electron chi connectivity index (χ3n) is 3.67. The molecular weight excluding hydrogens is 442 g/mol. The monoisotopic (exact) mass is 467 g/mol. The largest absolute Gasteiger partial charge is 0.477 e. The molecule has 3 N–H and O–H groups in total. The lowest BCUT2D eigenvalue weighted by Crippen LogP contribution is -2.20. The van der Waals surface area contributed by atoms with Gasteiger partial charge in [0.05, 0.1) is 9.77 Å². The summed E-state index contributed by atoms with van der Waals surface area (Å²) in [5.41, 5.74) is 6.50. The van der Waals surface area contributed by atoms with Gasteiger partial charge in [-0.1, -0.05) is 37.6 Å². The number of carbonyl (C=O) groups is 2. The van der Waals surface area contributed by atoms with E-state index in [1.165, 1.54) is 23.1 Å². The fourth-order valence-electron chi connectivity index (χ4n) is 2.23. The molecule has 0 unspecified atom stereocenters. The van der Waals surface area contributed by atoms with Crippen LogP contribution in [0.4, 0.5) is 0 Å². The molecule has 30 heavy (non-hydrogen) atoms. The van der Waals surface area contributed by atoms with E-state index in [2.05, 4.69) is 19.9 Å². The molecule has 0 saturated carbocycles. The van der Waals surface area contributed by atoms with Gasteiger partial charge in [-0.05, 0) is 37.7 Å². The van der Waals surface area contributed by atoms with Crippen LogP contribution in [0.25, 0.3) is 11.1 Å². The maximum Gasteiger partial charge on any atom is 0.346 e. The molecule has 9 heteroatoms. The van der Waals surface area contributed by atoms with Crippen LogP contribution in [0.5, 0.6) is 0 Å². The van der Waals surface area contributed by atoms with Crippen molar-refractivity contribution < 1.29 is 14.7 Å². The molecule has 1 heterocycles. The van der Waals surface area contributed by atoms with Gasteiger partial charge in [-0.2, -0.15) is 5.26 Å². The second-order valence-corrected chi connectivity index (χ2v) is 9.86. The highest BCUT2D eigenvalue weighted by atomic mass is 35.5. The number of primary amides is 1. The van der Waals surface area contributed by atoms with Crippen molar-refractivity contribution in [2.75, 3.05) is 26.4 Å². The minimum atomic E-state index is -1.01. The normalized spacial score (nSPS) is 10.5. The first-order valence-electron chi connectivity index (χ1n) is 9.18. The number of nitriles is 1. The number of nitrogens with zero attached hydrogens (tertiary/aromatic N) is 2. The maximum atomic E-state index is 11.5. The van der Waals surface area contributed by atoms with Crippen LogP contribution in [0.15, 0.2) is 28.5 Å². The molecule has 0 saturated heterocycles. The van der Waals surface area contributed by atoms with Crippen LogP contribution in [0, 0.1) is 17.2 Å². The molecule has 0 radical (unpaired) electrons. The molecule has 0 bridgehead atoms. The van der Waals surface area contributed by atoms with E-state index in [9.17, 15) is 20.0 Å². The smallest absolute Gasteiger partial charge is 0.346 e. The number of rotatable bonds is 8.